The molecule has 3 heterocycles. The summed E-state index contributed by atoms with van der Waals surface area (Å²) in [5.74, 6) is 0. The second kappa shape index (κ2) is 5.34. The SMILES string of the molecule is CC(C)(C)C1CN(C2CCN3CCCC3C2)CCN1. The summed E-state index contributed by atoms with van der Waals surface area (Å²) in [5, 5.41) is 3.72. The summed E-state index contributed by atoms with van der Waals surface area (Å²) in [4.78, 5) is 5.53. The monoisotopic (exact) mass is 265 g/mol. The predicted octanol–water partition coefficient (Wildman–Crippen LogP) is 1.93. The Bertz CT molecular complexity index is 310. The van der Waals surface area contributed by atoms with Crippen LogP contribution in [-0.2, 0) is 0 Å². The van der Waals surface area contributed by atoms with Gasteiger partial charge in [-0.3, -0.25) is 4.90 Å². The number of rotatable bonds is 1. The molecule has 3 aliphatic rings. The van der Waals surface area contributed by atoms with E-state index in [0.29, 0.717) is 11.5 Å². The van der Waals surface area contributed by atoms with Crippen molar-refractivity contribution < 1.29 is 0 Å². The zero-order chi connectivity index (χ0) is 13.5. The van der Waals surface area contributed by atoms with E-state index in [9.17, 15) is 0 Å². The Morgan fingerprint density at radius 2 is 1.74 bits per heavy atom. The molecule has 3 rings (SSSR count). The van der Waals surface area contributed by atoms with Gasteiger partial charge in [0.1, 0.15) is 0 Å². The maximum absolute atomic E-state index is 3.72. The predicted molar refractivity (Wildman–Crippen MR) is 80.4 cm³/mol. The summed E-state index contributed by atoms with van der Waals surface area (Å²) < 4.78 is 0. The minimum Gasteiger partial charge on any atom is -0.311 e. The van der Waals surface area contributed by atoms with Crippen LogP contribution in [0, 0.1) is 5.41 Å². The van der Waals surface area contributed by atoms with Gasteiger partial charge < -0.3 is 10.2 Å². The molecule has 3 nitrogen and oxygen atoms in total. The minimum atomic E-state index is 0.382. The third-order valence-electron chi connectivity index (χ3n) is 5.56. The van der Waals surface area contributed by atoms with Crippen LogP contribution in [0.1, 0.15) is 46.5 Å². The van der Waals surface area contributed by atoms with Gasteiger partial charge in [0.15, 0.2) is 0 Å². The molecule has 0 bridgehead atoms. The second-order valence-corrected chi connectivity index (χ2v) is 7.88. The zero-order valence-electron chi connectivity index (χ0n) is 13.0. The summed E-state index contributed by atoms with van der Waals surface area (Å²) in [6.07, 6.45) is 5.71. The topological polar surface area (TPSA) is 18.5 Å². The van der Waals surface area contributed by atoms with Crippen LogP contribution >= 0.6 is 0 Å². The van der Waals surface area contributed by atoms with E-state index >= 15 is 0 Å². The molecule has 0 aromatic carbocycles. The van der Waals surface area contributed by atoms with Gasteiger partial charge in [-0.25, -0.2) is 0 Å². The Balaban J connectivity index is 1.59. The van der Waals surface area contributed by atoms with Gasteiger partial charge in [-0.1, -0.05) is 20.8 Å². The fraction of sp³-hybridized carbons (Fsp3) is 1.00. The van der Waals surface area contributed by atoms with Crippen molar-refractivity contribution >= 4 is 0 Å². The fourth-order valence-electron chi connectivity index (χ4n) is 4.22. The minimum absolute atomic E-state index is 0.382. The van der Waals surface area contributed by atoms with Crippen LogP contribution in [0.3, 0.4) is 0 Å². The van der Waals surface area contributed by atoms with E-state index < -0.39 is 0 Å². The number of hydrogen-bond donors (Lipinski definition) is 1. The molecule has 0 aliphatic carbocycles. The van der Waals surface area contributed by atoms with Crippen molar-refractivity contribution in [1.29, 1.82) is 0 Å². The Kier molecular flexibility index (Phi) is 3.89. The van der Waals surface area contributed by atoms with Gasteiger partial charge in [0.2, 0.25) is 0 Å². The van der Waals surface area contributed by atoms with Gasteiger partial charge in [-0.05, 0) is 44.2 Å². The second-order valence-electron chi connectivity index (χ2n) is 7.88. The van der Waals surface area contributed by atoms with Gasteiger partial charge in [-0.2, -0.15) is 0 Å². The van der Waals surface area contributed by atoms with E-state index in [4.69, 9.17) is 0 Å². The highest BCUT2D eigenvalue weighted by molar-refractivity contribution is 4.94. The molecule has 1 N–H and O–H groups in total. The van der Waals surface area contributed by atoms with Crippen molar-refractivity contribution in [2.45, 2.75) is 64.6 Å². The van der Waals surface area contributed by atoms with Gasteiger partial charge in [0, 0.05) is 37.8 Å². The number of piperidine rings is 1. The molecule has 0 radical (unpaired) electrons. The molecule has 3 atom stereocenters. The van der Waals surface area contributed by atoms with Crippen LogP contribution < -0.4 is 5.32 Å². The molecule has 19 heavy (non-hydrogen) atoms. The summed E-state index contributed by atoms with van der Waals surface area (Å²) >= 11 is 0. The molecule has 110 valence electrons. The molecule has 0 aromatic rings. The fourth-order valence-corrected chi connectivity index (χ4v) is 4.22. The molecule has 3 aliphatic heterocycles. The quantitative estimate of drug-likeness (QED) is 0.781. The van der Waals surface area contributed by atoms with E-state index in [1.165, 1.54) is 58.4 Å². The average molecular weight is 265 g/mol. The van der Waals surface area contributed by atoms with Crippen LogP contribution in [0.25, 0.3) is 0 Å². The van der Waals surface area contributed by atoms with Crippen LogP contribution in [0.4, 0.5) is 0 Å². The van der Waals surface area contributed by atoms with Crippen LogP contribution in [0.15, 0.2) is 0 Å². The van der Waals surface area contributed by atoms with Crippen molar-refractivity contribution in [2.75, 3.05) is 32.7 Å². The van der Waals surface area contributed by atoms with E-state index in [-0.39, 0.29) is 0 Å². The molecule has 0 aromatic heterocycles. The molecule has 3 fully saturated rings. The Morgan fingerprint density at radius 3 is 2.53 bits per heavy atom. The van der Waals surface area contributed by atoms with Crippen LogP contribution in [0.2, 0.25) is 0 Å². The van der Waals surface area contributed by atoms with Gasteiger partial charge in [0.05, 0.1) is 0 Å². The molecule has 0 amide bonds. The molecule has 3 saturated heterocycles. The summed E-state index contributed by atoms with van der Waals surface area (Å²) in [6, 6.07) is 2.41. The molecular weight excluding hydrogens is 234 g/mol. The largest absolute Gasteiger partial charge is 0.311 e. The first-order chi connectivity index (χ1) is 9.04. The molecule has 3 unspecified atom stereocenters. The molecular formula is C16H31N3. The maximum atomic E-state index is 3.72. The van der Waals surface area contributed by atoms with Crippen LogP contribution in [-0.4, -0.2) is 60.6 Å². The summed E-state index contributed by atoms with van der Waals surface area (Å²) in [7, 11) is 0. The lowest BCUT2D eigenvalue weighted by Crippen LogP contribution is -2.60. The normalized spacial score (nSPS) is 38.4. The van der Waals surface area contributed by atoms with Crippen LogP contribution in [0.5, 0.6) is 0 Å². The third kappa shape index (κ3) is 2.98. The van der Waals surface area contributed by atoms with E-state index in [0.717, 1.165) is 12.1 Å². The number of nitrogens with one attached hydrogen (secondary N) is 1. The Labute approximate surface area is 118 Å². The summed E-state index contributed by atoms with van der Waals surface area (Å²) in [6.45, 7) is 13.5. The van der Waals surface area contributed by atoms with Crippen molar-refractivity contribution in [3.05, 3.63) is 0 Å². The number of hydrogen-bond acceptors (Lipinski definition) is 3. The van der Waals surface area contributed by atoms with E-state index in [1.807, 2.05) is 0 Å². The Hall–Kier alpha value is -0.120. The maximum Gasteiger partial charge on any atom is 0.0244 e. The van der Waals surface area contributed by atoms with Crippen molar-refractivity contribution in [3.63, 3.8) is 0 Å². The number of piperazine rings is 1. The van der Waals surface area contributed by atoms with Crippen molar-refractivity contribution in [2.24, 2.45) is 5.41 Å². The van der Waals surface area contributed by atoms with Crippen molar-refractivity contribution in [3.8, 4) is 0 Å². The molecule has 3 heteroatoms. The zero-order valence-corrected chi connectivity index (χ0v) is 13.0. The highest BCUT2D eigenvalue weighted by atomic mass is 15.3. The first kappa shape index (κ1) is 13.8. The standard InChI is InChI=1S/C16H31N3/c1-16(2,3)15-12-19(10-7-17-15)14-6-9-18-8-4-5-13(18)11-14/h13-15,17H,4-12H2,1-3H3. The van der Waals surface area contributed by atoms with Gasteiger partial charge >= 0.3 is 0 Å². The highest BCUT2D eigenvalue weighted by Gasteiger charge is 2.37. The lowest BCUT2D eigenvalue weighted by molar-refractivity contribution is 0.0482. The van der Waals surface area contributed by atoms with Gasteiger partial charge in [-0.15, -0.1) is 0 Å². The summed E-state index contributed by atoms with van der Waals surface area (Å²) in [5.41, 5.74) is 0.382. The first-order valence-electron chi connectivity index (χ1n) is 8.25. The van der Waals surface area contributed by atoms with Gasteiger partial charge in [0.25, 0.3) is 0 Å². The average Bonchev–Trinajstić information content (AvgIpc) is 2.85. The highest BCUT2D eigenvalue weighted by Crippen LogP contribution is 2.31. The number of nitrogens with zero attached hydrogens (tertiary/aromatic N) is 2. The first-order valence-corrected chi connectivity index (χ1v) is 8.25. The van der Waals surface area contributed by atoms with Crippen molar-refractivity contribution in [1.82, 2.24) is 15.1 Å². The molecule has 0 saturated carbocycles. The lowest BCUT2D eigenvalue weighted by Gasteiger charge is -2.46. The van der Waals surface area contributed by atoms with E-state index in [1.54, 1.807) is 0 Å². The molecule has 0 spiro atoms. The Morgan fingerprint density at radius 1 is 0.947 bits per heavy atom. The van der Waals surface area contributed by atoms with E-state index in [2.05, 4.69) is 35.9 Å². The smallest absolute Gasteiger partial charge is 0.0244 e. The lowest BCUT2D eigenvalue weighted by atomic mass is 9.84. The third-order valence-corrected chi connectivity index (χ3v) is 5.56. The number of fused-ring (bicyclic) bond motifs is 1.